The third kappa shape index (κ3) is 1.92. The highest BCUT2D eigenvalue weighted by Gasteiger charge is 2.16. The molecule has 0 radical (unpaired) electrons. The molecule has 3 heteroatoms. The normalized spacial score (nSPS) is 24.6. The van der Waals surface area contributed by atoms with Crippen molar-refractivity contribution in [2.75, 3.05) is 26.2 Å². The molecule has 1 atom stereocenters. The van der Waals surface area contributed by atoms with Crippen molar-refractivity contribution < 1.29 is 4.39 Å². The summed E-state index contributed by atoms with van der Waals surface area (Å²) in [6, 6.07) is 0. The van der Waals surface area contributed by atoms with Gasteiger partial charge in [-0.1, -0.05) is 6.92 Å². The zero-order valence-electron chi connectivity index (χ0n) is 6.44. The molecule has 2 nitrogen and oxygen atoms in total. The van der Waals surface area contributed by atoms with Crippen molar-refractivity contribution >= 4 is 0 Å². The van der Waals surface area contributed by atoms with Gasteiger partial charge in [0.1, 0.15) is 0 Å². The smallest absolute Gasteiger partial charge is 0.153 e. The fraction of sp³-hybridized carbons (Fsp3) is 1.00. The average Bonchev–Trinajstić information content (AvgIpc) is 2.05. The fourth-order valence-corrected chi connectivity index (χ4v) is 1.22. The van der Waals surface area contributed by atoms with Crippen LogP contribution in [0.3, 0.4) is 0 Å². The van der Waals surface area contributed by atoms with Crippen molar-refractivity contribution in [1.29, 1.82) is 0 Å². The van der Waals surface area contributed by atoms with E-state index in [1.807, 2.05) is 11.8 Å². The Balaban J connectivity index is 2.24. The Labute approximate surface area is 61.4 Å². The predicted octanol–water partition coefficient (Wildman–Crippen LogP) is 0.597. The van der Waals surface area contributed by atoms with Gasteiger partial charge in [-0.05, 0) is 6.42 Å². The predicted molar refractivity (Wildman–Crippen MR) is 39.6 cm³/mol. The van der Waals surface area contributed by atoms with E-state index in [1.165, 1.54) is 0 Å². The first-order chi connectivity index (χ1) is 4.84. The summed E-state index contributed by atoms with van der Waals surface area (Å²) in [5.41, 5.74) is 0. The van der Waals surface area contributed by atoms with E-state index in [-0.39, 0.29) is 0 Å². The summed E-state index contributed by atoms with van der Waals surface area (Å²) < 4.78 is 12.9. The number of rotatable bonds is 2. The van der Waals surface area contributed by atoms with Gasteiger partial charge in [-0.2, -0.15) is 0 Å². The summed E-state index contributed by atoms with van der Waals surface area (Å²) in [6.45, 7) is 5.46. The SMILES string of the molecule is CCC(F)N1CCNCC1. The lowest BCUT2D eigenvalue weighted by atomic mass is 10.3. The maximum Gasteiger partial charge on any atom is 0.153 e. The molecule has 1 heterocycles. The summed E-state index contributed by atoms with van der Waals surface area (Å²) in [6.07, 6.45) is -0.109. The number of halogens is 1. The molecule has 0 aromatic rings. The van der Waals surface area contributed by atoms with Gasteiger partial charge in [-0.3, -0.25) is 4.90 Å². The summed E-state index contributed by atoms with van der Waals surface area (Å²) in [4.78, 5) is 1.89. The Bertz CT molecular complexity index is 91.6. The van der Waals surface area contributed by atoms with E-state index in [0.29, 0.717) is 6.42 Å². The minimum Gasteiger partial charge on any atom is -0.314 e. The third-order valence-corrected chi connectivity index (χ3v) is 1.88. The zero-order valence-corrected chi connectivity index (χ0v) is 6.44. The molecule has 1 aliphatic heterocycles. The summed E-state index contributed by atoms with van der Waals surface area (Å²) in [7, 11) is 0. The van der Waals surface area contributed by atoms with Crippen LogP contribution in [0.5, 0.6) is 0 Å². The number of nitrogens with zero attached hydrogens (tertiary/aromatic N) is 1. The van der Waals surface area contributed by atoms with Gasteiger partial charge in [0.15, 0.2) is 6.30 Å². The minimum atomic E-state index is -0.720. The molecule has 0 aromatic carbocycles. The van der Waals surface area contributed by atoms with E-state index in [9.17, 15) is 4.39 Å². The van der Waals surface area contributed by atoms with E-state index in [4.69, 9.17) is 0 Å². The monoisotopic (exact) mass is 146 g/mol. The molecule has 1 unspecified atom stereocenters. The van der Waals surface area contributed by atoms with E-state index in [0.717, 1.165) is 26.2 Å². The molecule has 60 valence electrons. The van der Waals surface area contributed by atoms with Crippen molar-refractivity contribution in [3.8, 4) is 0 Å². The Morgan fingerprint density at radius 3 is 2.60 bits per heavy atom. The van der Waals surface area contributed by atoms with Crippen molar-refractivity contribution in [2.24, 2.45) is 0 Å². The first-order valence-corrected chi connectivity index (χ1v) is 3.93. The fourth-order valence-electron chi connectivity index (χ4n) is 1.22. The third-order valence-electron chi connectivity index (χ3n) is 1.88. The Morgan fingerprint density at radius 1 is 1.50 bits per heavy atom. The van der Waals surface area contributed by atoms with E-state index < -0.39 is 6.30 Å². The van der Waals surface area contributed by atoms with Crippen LogP contribution in [-0.2, 0) is 0 Å². The average molecular weight is 146 g/mol. The van der Waals surface area contributed by atoms with Crippen molar-refractivity contribution in [1.82, 2.24) is 10.2 Å². The molecular formula is C7H15FN2. The molecule has 0 bridgehead atoms. The Kier molecular flexibility index (Phi) is 3.09. The van der Waals surface area contributed by atoms with Gasteiger partial charge in [0.05, 0.1) is 0 Å². The topological polar surface area (TPSA) is 15.3 Å². The van der Waals surface area contributed by atoms with Crippen LogP contribution in [0.25, 0.3) is 0 Å². The molecule has 1 rings (SSSR count). The lowest BCUT2D eigenvalue weighted by molar-refractivity contribution is 0.0673. The van der Waals surface area contributed by atoms with Crippen LogP contribution < -0.4 is 5.32 Å². The number of hydrogen-bond donors (Lipinski definition) is 1. The first-order valence-electron chi connectivity index (χ1n) is 3.93. The Morgan fingerprint density at radius 2 is 2.10 bits per heavy atom. The lowest BCUT2D eigenvalue weighted by Gasteiger charge is -2.29. The number of nitrogens with one attached hydrogen (secondary N) is 1. The van der Waals surface area contributed by atoms with Crippen LogP contribution >= 0.6 is 0 Å². The van der Waals surface area contributed by atoms with Crippen LogP contribution in [0.4, 0.5) is 4.39 Å². The summed E-state index contributed by atoms with van der Waals surface area (Å²) in [5.74, 6) is 0. The van der Waals surface area contributed by atoms with Gasteiger partial charge in [0, 0.05) is 26.2 Å². The van der Waals surface area contributed by atoms with Gasteiger partial charge in [-0.25, -0.2) is 4.39 Å². The van der Waals surface area contributed by atoms with Gasteiger partial charge in [0.2, 0.25) is 0 Å². The highest BCUT2D eigenvalue weighted by atomic mass is 19.1. The maximum absolute atomic E-state index is 12.9. The minimum absolute atomic E-state index is 0.611. The number of alkyl halides is 1. The number of piperazine rings is 1. The summed E-state index contributed by atoms with van der Waals surface area (Å²) in [5, 5.41) is 3.19. The number of hydrogen-bond acceptors (Lipinski definition) is 2. The maximum atomic E-state index is 12.9. The highest BCUT2D eigenvalue weighted by Crippen LogP contribution is 2.05. The molecule has 0 aliphatic carbocycles. The second-order valence-electron chi connectivity index (χ2n) is 2.63. The first kappa shape index (κ1) is 7.95. The van der Waals surface area contributed by atoms with E-state index in [1.54, 1.807) is 0 Å². The van der Waals surface area contributed by atoms with Crippen LogP contribution in [0.2, 0.25) is 0 Å². The van der Waals surface area contributed by atoms with Gasteiger partial charge < -0.3 is 5.32 Å². The van der Waals surface area contributed by atoms with Gasteiger partial charge >= 0.3 is 0 Å². The molecule has 1 fully saturated rings. The van der Waals surface area contributed by atoms with Crippen LogP contribution in [-0.4, -0.2) is 37.4 Å². The summed E-state index contributed by atoms with van der Waals surface area (Å²) >= 11 is 0. The molecule has 0 aromatic heterocycles. The molecule has 10 heavy (non-hydrogen) atoms. The van der Waals surface area contributed by atoms with Gasteiger partial charge in [-0.15, -0.1) is 0 Å². The second kappa shape index (κ2) is 3.88. The van der Waals surface area contributed by atoms with E-state index >= 15 is 0 Å². The molecular weight excluding hydrogens is 131 g/mol. The highest BCUT2D eigenvalue weighted by molar-refractivity contribution is 4.69. The van der Waals surface area contributed by atoms with Crippen LogP contribution in [0.1, 0.15) is 13.3 Å². The van der Waals surface area contributed by atoms with Crippen LogP contribution in [0, 0.1) is 0 Å². The second-order valence-corrected chi connectivity index (χ2v) is 2.63. The molecule has 0 saturated carbocycles. The molecule has 1 aliphatic rings. The molecule has 1 saturated heterocycles. The van der Waals surface area contributed by atoms with Crippen molar-refractivity contribution in [2.45, 2.75) is 19.6 Å². The van der Waals surface area contributed by atoms with Crippen molar-refractivity contribution in [3.63, 3.8) is 0 Å². The standard InChI is InChI=1S/C7H15FN2/c1-2-7(8)10-5-3-9-4-6-10/h7,9H,2-6H2,1H3. The zero-order chi connectivity index (χ0) is 7.40. The molecule has 0 amide bonds. The largest absolute Gasteiger partial charge is 0.314 e. The van der Waals surface area contributed by atoms with Crippen molar-refractivity contribution in [3.05, 3.63) is 0 Å². The quantitative estimate of drug-likeness (QED) is 0.574. The lowest BCUT2D eigenvalue weighted by Crippen LogP contribution is -2.46. The van der Waals surface area contributed by atoms with Crippen LogP contribution in [0.15, 0.2) is 0 Å². The van der Waals surface area contributed by atoms with Gasteiger partial charge in [0.25, 0.3) is 0 Å². The molecule has 0 spiro atoms. The Hall–Kier alpha value is -0.150. The molecule has 1 N–H and O–H groups in total. The van der Waals surface area contributed by atoms with E-state index in [2.05, 4.69) is 5.32 Å².